The second kappa shape index (κ2) is 4.38. The molecule has 0 amide bonds. The van der Waals surface area contributed by atoms with Crippen molar-refractivity contribution < 1.29 is 4.11 Å². The molecule has 1 rings (SSSR count). The van der Waals surface area contributed by atoms with Gasteiger partial charge in [0.25, 0.3) is 0 Å². The molecule has 0 saturated heterocycles. The summed E-state index contributed by atoms with van der Waals surface area (Å²) in [6.07, 6.45) is 1.79. The van der Waals surface area contributed by atoms with Gasteiger partial charge in [-0.15, -0.1) is 0 Å². The maximum absolute atomic E-state index is 5.91. The molecule has 0 aromatic heterocycles. The van der Waals surface area contributed by atoms with E-state index in [0.29, 0.717) is 0 Å². The smallest absolute Gasteiger partial charge is 0.372 e. The molecule has 0 aliphatic rings. The largest absolute Gasteiger partial charge is 0.509 e. The Morgan fingerprint density at radius 2 is 1.79 bits per heavy atom. The van der Waals surface area contributed by atoms with Crippen LogP contribution in [0.1, 0.15) is 9.68 Å². The van der Waals surface area contributed by atoms with E-state index in [2.05, 4.69) is 26.2 Å². The molecule has 0 radical (unpaired) electrons. The minimum Gasteiger partial charge on any atom is -0.372 e. The van der Waals surface area contributed by atoms with Gasteiger partial charge in [0.05, 0.1) is 5.56 Å². The number of allylic oxidation sites excluding steroid dienone is 1. The molecule has 0 bridgehead atoms. The van der Waals surface area contributed by atoms with Crippen LogP contribution in [0.5, 0.6) is 0 Å². The van der Waals surface area contributed by atoms with Gasteiger partial charge in [0.15, 0.2) is 0 Å². The van der Waals surface area contributed by atoms with Crippen molar-refractivity contribution in [2.75, 3.05) is 0 Å². The summed E-state index contributed by atoms with van der Waals surface area (Å²) in [5.41, 5.74) is 1.10. The second-order valence-electron chi connectivity index (χ2n) is 4.15. The molecule has 1 nitrogen and oxygen atoms in total. The van der Waals surface area contributed by atoms with E-state index in [1.165, 1.54) is 0 Å². The highest BCUT2D eigenvalue weighted by atomic mass is 28.4. The number of carbonyl (C=O) groups excluding carboxylic acids is 1. The Morgan fingerprint density at radius 3 is 2.21 bits per heavy atom. The van der Waals surface area contributed by atoms with Crippen molar-refractivity contribution in [2.24, 2.45) is 0 Å². The molecule has 0 heterocycles. The summed E-state index contributed by atoms with van der Waals surface area (Å²) < 4.78 is 5.91. The lowest BCUT2D eigenvalue weighted by Gasteiger charge is -1.98. The van der Waals surface area contributed by atoms with Gasteiger partial charge in [-0.05, 0) is 12.1 Å². The minimum atomic E-state index is -1.53. The van der Waals surface area contributed by atoms with Crippen molar-refractivity contribution in [3.05, 3.63) is 48.6 Å². The van der Waals surface area contributed by atoms with Crippen molar-refractivity contribution in [1.82, 2.24) is 0 Å². The van der Waals surface area contributed by atoms with E-state index in [0.717, 1.165) is 11.3 Å². The van der Waals surface area contributed by atoms with Gasteiger partial charge in [0.2, 0.25) is 0 Å². The van der Waals surface area contributed by atoms with Crippen molar-refractivity contribution >= 4 is 14.1 Å². The van der Waals surface area contributed by atoms with E-state index in [9.17, 15) is 0 Å². The molecule has 74 valence electrons. The van der Waals surface area contributed by atoms with Gasteiger partial charge in [-0.3, -0.25) is 0 Å². The molecule has 1 aromatic carbocycles. The van der Waals surface area contributed by atoms with E-state index < -0.39 is 8.32 Å². The monoisotopic (exact) mass is 205 g/mol. The van der Waals surface area contributed by atoms with Crippen molar-refractivity contribution in [3.63, 3.8) is 0 Å². The standard InChI is InChI=1S/C12H17OSi/c1-5-12(13-14(2,3)4)11-9-7-6-8-10-11/h5-10H,1H2,2-4H3/q+1. The summed E-state index contributed by atoms with van der Waals surface area (Å²) in [7, 11) is -1.53. The first-order valence-electron chi connectivity index (χ1n) is 4.77. The first kappa shape index (κ1) is 10.9. The van der Waals surface area contributed by atoms with Crippen LogP contribution in [0.4, 0.5) is 0 Å². The van der Waals surface area contributed by atoms with E-state index in [1.54, 1.807) is 6.08 Å². The lowest BCUT2D eigenvalue weighted by Crippen LogP contribution is -2.20. The molecule has 14 heavy (non-hydrogen) atoms. The predicted octanol–water partition coefficient (Wildman–Crippen LogP) is 3.43. The van der Waals surface area contributed by atoms with Gasteiger partial charge in [-0.2, -0.15) is 0 Å². The molecule has 0 fully saturated rings. The summed E-state index contributed by atoms with van der Waals surface area (Å²) in [6.45, 7) is 10.3. The Morgan fingerprint density at radius 1 is 1.21 bits per heavy atom. The van der Waals surface area contributed by atoms with Crippen LogP contribution in [0, 0.1) is 0 Å². The third kappa shape index (κ3) is 3.30. The maximum Gasteiger partial charge on any atom is 0.509 e. The summed E-state index contributed by atoms with van der Waals surface area (Å²) in [6, 6.07) is 10.1. The third-order valence-electron chi connectivity index (χ3n) is 1.66. The van der Waals surface area contributed by atoms with E-state index in [4.69, 9.17) is 4.11 Å². The molecule has 1 aromatic rings. The van der Waals surface area contributed by atoms with E-state index in [-0.39, 0.29) is 0 Å². The van der Waals surface area contributed by atoms with Crippen LogP contribution >= 0.6 is 0 Å². The van der Waals surface area contributed by atoms with Crippen molar-refractivity contribution in [1.29, 1.82) is 0 Å². The fourth-order valence-electron chi connectivity index (χ4n) is 1.15. The van der Waals surface area contributed by atoms with Crippen LogP contribution in [0.3, 0.4) is 0 Å². The highest BCUT2D eigenvalue weighted by Gasteiger charge is 2.31. The first-order valence-corrected chi connectivity index (χ1v) is 8.17. The lowest BCUT2D eigenvalue weighted by atomic mass is 10.1. The lowest BCUT2D eigenvalue weighted by molar-refractivity contribution is -0.0982. The van der Waals surface area contributed by atoms with Gasteiger partial charge in [-0.25, -0.2) is 0 Å². The van der Waals surface area contributed by atoms with E-state index >= 15 is 0 Å². The molecule has 0 spiro atoms. The zero-order chi connectivity index (χ0) is 10.6. The summed E-state index contributed by atoms with van der Waals surface area (Å²) in [5, 5.41) is 0. The zero-order valence-electron chi connectivity index (χ0n) is 9.08. The minimum absolute atomic E-state index is 0.893. The number of hydrogen-bond acceptors (Lipinski definition) is 0. The third-order valence-corrected chi connectivity index (χ3v) is 2.49. The van der Waals surface area contributed by atoms with Gasteiger partial charge < -0.3 is 4.11 Å². The van der Waals surface area contributed by atoms with Crippen molar-refractivity contribution in [2.45, 2.75) is 19.6 Å². The molecule has 0 saturated carbocycles. The second-order valence-corrected chi connectivity index (χ2v) is 8.58. The molecular weight excluding hydrogens is 188 g/mol. The first-order chi connectivity index (χ1) is 6.53. The molecule has 0 aliphatic heterocycles. The van der Waals surface area contributed by atoms with Gasteiger partial charge in [0.1, 0.15) is 0 Å². The van der Waals surface area contributed by atoms with Crippen LogP contribution < -0.4 is 0 Å². The van der Waals surface area contributed by atoms with Crippen molar-refractivity contribution in [3.8, 4) is 0 Å². The number of ketones is 1. The van der Waals surface area contributed by atoms with E-state index in [1.807, 2.05) is 30.3 Å². The Hall–Kier alpha value is -1.15. The quantitative estimate of drug-likeness (QED) is 0.310. The zero-order valence-corrected chi connectivity index (χ0v) is 10.1. The fourth-order valence-corrected chi connectivity index (χ4v) is 2.01. The van der Waals surface area contributed by atoms with Crippen LogP contribution in [0.2, 0.25) is 19.6 Å². The Balaban J connectivity index is 3.06. The average molecular weight is 205 g/mol. The summed E-state index contributed by atoms with van der Waals surface area (Å²) in [4.78, 5) is 0. The SMILES string of the molecule is C=CC(=[O+][Si](C)(C)C)c1ccccc1. The van der Waals surface area contributed by atoms with Crippen LogP contribution in [-0.4, -0.2) is 14.1 Å². The number of benzene rings is 1. The highest BCUT2D eigenvalue weighted by molar-refractivity contribution is 6.68. The average Bonchev–Trinajstić information content (AvgIpc) is 2.14. The summed E-state index contributed by atoms with van der Waals surface area (Å²) in [5.74, 6) is 0.893. The Kier molecular flexibility index (Phi) is 3.41. The molecule has 0 aliphatic carbocycles. The Labute approximate surface area is 86.9 Å². The van der Waals surface area contributed by atoms with Crippen LogP contribution in [-0.2, 0) is 0 Å². The van der Waals surface area contributed by atoms with Gasteiger partial charge in [0, 0.05) is 25.7 Å². The maximum atomic E-state index is 5.91. The number of rotatable bonds is 3. The fraction of sp³-hybridized carbons (Fsp3) is 0.250. The molecule has 0 unspecified atom stereocenters. The number of hydrogen-bond donors (Lipinski definition) is 0. The molecule has 0 atom stereocenters. The van der Waals surface area contributed by atoms with Crippen LogP contribution in [0.15, 0.2) is 43.0 Å². The molecular formula is C12H17OSi+. The molecule has 0 N–H and O–H groups in total. The highest BCUT2D eigenvalue weighted by Crippen LogP contribution is 2.07. The predicted molar refractivity (Wildman–Crippen MR) is 64.3 cm³/mol. The van der Waals surface area contributed by atoms with Gasteiger partial charge in [-0.1, -0.05) is 24.8 Å². The molecule has 2 heteroatoms. The normalized spacial score (nSPS) is 12.6. The summed E-state index contributed by atoms with van der Waals surface area (Å²) >= 11 is 0. The van der Waals surface area contributed by atoms with Crippen LogP contribution in [0.25, 0.3) is 0 Å². The Bertz CT molecular complexity index is 333. The van der Waals surface area contributed by atoms with Gasteiger partial charge >= 0.3 is 14.1 Å². The topological polar surface area (TPSA) is 11.3 Å².